The Morgan fingerprint density at radius 1 is 1.24 bits per heavy atom. The molecule has 0 amide bonds. The summed E-state index contributed by atoms with van der Waals surface area (Å²) in [5, 5.41) is 9.40. The number of hydrogen-bond donors (Lipinski definition) is 0. The van der Waals surface area contributed by atoms with Gasteiger partial charge in [-0.2, -0.15) is 5.26 Å². The second kappa shape index (κ2) is 7.45. The molecule has 7 heteroatoms. The summed E-state index contributed by atoms with van der Waals surface area (Å²) in [5.41, 5.74) is 1.35. The molecule has 0 spiro atoms. The lowest BCUT2D eigenvalue weighted by molar-refractivity contribution is 0.101. The van der Waals surface area contributed by atoms with Crippen molar-refractivity contribution in [1.82, 2.24) is 9.55 Å². The third-order valence-electron chi connectivity index (χ3n) is 3.63. The molecular weight excluding hydrogens is 344 g/mol. The summed E-state index contributed by atoms with van der Waals surface area (Å²) < 4.78 is 28.8. The normalized spacial score (nSPS) is 10.8. The predicted octanol–water partition coefficient (Wildman–Crippen LogP) is 4.20. The monoisotopic (exact) mass is 357 g/mol. The number of ketones is 1. The zero-order valence-corrected chi connectivity index (χ0v) is 13.9. The number of imidazole rings is 1. The third kappa shape index (κ3) is 3.69. The van der Waals surface area contributed by atoms with E-state index in [0.29, 0.717) is 18.1 Å². The maximum absolute atomic E-state index is 13.7. The van der Waals surface area contributed by atoms with Crippen LogP contribution in [0.15, 0.2) is 47.6 Å². The lowest BCUT2D eigenvalue weighted by Gasteiger charge is -2.07. The van der Waals surface area contributed by atoms with Gasteiger partial charge in [0.2, 0.25) is 0 Å². The summed E-state index contributed by atoms with van der Waals surface area (Å²) in [4.78, 5) is 16.7. The van der Waals surface area contributed by atoms with Gasteiger partial charge in [-0.15, -0.1) is 0 Å². The molecule has 0 aliphatic carbocycles. The topological polar surface area (TPSA) is 58.7 Å². The number of carbonyl (C=O) groups is 1. The molecule has 3 rings (SSSR count). The van der Waals surface area contributed by atoms with Gasteiger partial charge in [-0.05, 0) is 30.3 Å². The zero-order valence-electron chi connectivity index (χ0n) is 13.1. The second-order valence-electron chi connectivity index (χ2n) is 5.28. The van der Waals surface area contributed by atoms with Gasteiger partial charge in [0.15, 0.2) is 10.9 Å². The molecule has 4 nitrogen and oxygen atoms in total. The molecule has 0 atom stereocenters. The Hall–Kier alpha value is -2.72. The van der Waals surface area contributed by atoms with E-state index in [2.05, 4.69) is 11.1 Å². The number of hydrogen-bond acceptors (Lipinski definition) is 4. The molecule has 0 N–H and O–H groups in total. The smallest absolute Gasteiger partial charge is 0.176 e. The number of benzene rings is 2. The highest BCUT2D eigenvalue weighted by molar-refractivity contribution is 7.99. The standard InChI is InChI=1S/C18H13F2N3OS/c19-12-6-7-14(20)13(10-12)17(24)11-25-18-22-15-4-1-2-5-16(15)23(18)9-3-8-21/h1-2,4-7,10H,3,9,11H2. The molecule has 3 aromatic rings. The number of nitriles is 1. The first-order valence-corrected chi connectivity index (χ1v) is 8.52. The van der Waals surface area contributed by atoms with Gasteiger partial charge in [0.25, 0.3) is 0 Å². The predicted molar refractivity (Wildman–Crippen MR) is 91.4 cm³/mol. The van der Waals surface area contributed by atoms with Gasteiger partial charge in [0.05, 0.1) is 34.8 Å². The lowest BCUT2D eigenvalue weighted by atomic mass is 10.1. The molecule has 1 heterocycles. The number of carbonyl (C=O) groups excluding carboxylic acids is 1. The number of rotatable bonds is 6. The fourth-order valence-electron chi connectivity index (χ4n) is 2.46. The minimum absolute atomic E-state index is 0.0732. The van der Waals surface area contributed by atoms with Gasteiger partial charge in [0, 0.05) is 6.54 Å². The molecule has 0 unspecified atom stereocenters. The van der Waals surface area contributed by atoms with Gasteiger partial charge >= 0.3 is 0 Å². The number of fused-ring (bicyclic) bond motifs is 1. The van der Waals surface area contributed by atoms with Gasteiger partial charge in [-0.25, -0.2) is 13.8 Å². The number of Topliss-reactive ketones (excluding diaryl/α,β-unsaturated/α-hetero) is 1. The summed E-state index contributed by atoms with van der Waals surface area (Å²) in [6.45, 7) is 0.446. The zero-order chi connectivity index (χ0) is 17.8. The minimum atomic E-state index is -0.745. The van der Waals surface area contributed by atoms with Crippen LogP contribution in [0.2, 0.25) is 0 Å². The maximum atomic E-state index is 13.7. The van der Waals surface area contributed by atoms with E-state index in [1.807, 2.05) is 28.8 Å². The van der Waals surface area contributed by atoms with Crippen molar-refractivity contribution in [3.63, 3.8) is 0 Å². The molecule has 2 aromatic carbocycles. The summed E-state index contributed by atoms with van der Waals surface area (Å²) in [6.07, 6.45) is 0.306. The van der Waals surface area contributed by atoms with Crippen molar-refractivity contribution in [3.8, 4) is 6.07 Å². The van der Waals surface area contributed by atoms with Gasteiger partial charge < -0.3 is 4.57 Å². The molecule has 1 aromatic heterocycles. The largest absolute Gasteiger partial charge is 0.318 e. The van der Waals surface area contributed by atoms with E-state index in [9.17, 15) is 13.6 Å². The van der Waals surface area contributed by atoms with Crippen LogP contribution in [0.25, 0.3) is 11.0 Å². The molecular formula is C18H13F2N3OS. The van der Waals surface area contributed by atoms with Crippen molar-refractivity contribution in [2.45, 2.75) is 18.1 Å². The van der Waals surface area contributed by atoms with Crippen molar-refractivity contribution >= 4 is 28.6 Å². The van der Waals surface area contributed by atoms with Gasteiger partial charge in [-0.1, -0.05) is 23.9 Å². The molecule has 0 saturated carbocycles. The van der Waals surface area contributed by atoms with E-state index in [0.717, 1.165) is 41.0 Å². The van der Waals surface area contributed by atoms with Crippen LogP contribution < -0.4 is 0 Å². The highest BCUT2D eigenvalue weighted by Crippen LogP contribution is 2.25. The van der Waals surface area contributed by atoms with Crippen LogP contribution in [0.3, 0.4) is 0 Å². The van der Waals surface area contributed by atoms with E-state index in [1.54, 1.807) is 0 Å². The Bertz CT molecular complexity index is 978. The van der Waals surface area contributed by atoms with Crippen molar-refractivity contribution < 1.29 is 13.6 Å². The average Bonchev–Trinajstić information content (AvgIpc) is 2.97. The summed E-state index contributed by atoms with van der Waals surface area (Å²) >= 11 is 1.14. The molecule has 126 valence electrons. The molecule has 0 aliphatic rings. The van der Waals surface area contributed by atoms with E-state index >= 15 is 0 Å². The number of aryl methyl sites for hydroxylation is 1. The van der Waals surface area contributed by atoms with Crippen LogP contribution in [-0.2, 0) is 6.54 Å². The quantitative estimate of drug-likeness (QED) is 0.490. The molecule has 0 aliphatic heterocycles. The first-order valence-electron chi connectivity index (χ1n) is 7.53. The van der Waals surface area contributed by atoms with Crippen molar-refractivity contribution in [3.05, 3.63) is 59.7 Å². The second-order valence-corrected chi connectivity index (χ2v) is 6.22. The van der Waals surface area contributed by atoms with E-state index in [1.165, 1.54) is 0 Å². The van der Waals surface area contributed by atoms with Crippen molar-refractivity contribution in [1.29, 1.82) is 5.26 Å². The average molecular weight is 357 g/mol. The number of halogens is 2. The van der Waals surface area contributed by atoms with Crippen LogP contribution >= 0.6 is 11.8 Å². The Kier molecular flexibility index (Phi) is 5.10. The van der Waals surface area contributed by atoms with Crippen LogP contribution in [-0.4, -0.2) is 21.1 Å². The van der Waals surface area contributed by atoms with Gasteiger partial charge in [-0.3, -0.25) is 4.79 Å². The van der Waals surface area contributed by atoms with Crippen LogP contribution in [0, 0.1) is 23.0 Å². The Labute approximate surface area is 147 Å². The highest BCUT2D eigenvalue weighted by Gasteiger charge is 2.16. The van der Waals surface area contributed by atoms with Crippen LogP contribution in [0.4, 0.5) is 8.78 Å². The number of nitrogens with zero attached hydrogens (tertiary/aromatic N) is 3. The number of thioether (sulfide) groups is 1. The fourth-order valence-corrected chi connectivity index (χ4v) is 3.38. The van der Waals surface area contributed by atoms with Crippen molar-refractivity contribution in [2.75, 3.05) is 5.75 Å². The minimum Gasteiger partial charge on any atom is -0.318 e. The molecule has 0 fully saturated rings. The highest BCUT2D eigenvalue weighted by atomic mass is 32.2. The van der Waals surface area contributed by atoms with E-state index in [4.69, 9.17) is 5.26 Å². The lowest BCUT2D eigenvalue weighted by Crippen LogP contribution is -2.07. The van der Waals surface area contributed by atoms with Crippen molar-refractivity contribution in [2.24, 2.45) is 0 Å². The van der Waals surface area contributed by atoms with E-state index < -0.39 is 17.4 Å². The Morgan fingerprint density at radius 2 is 2.04 bits per heavy atom. The summed E-state index contributed by atoms with van der Waals surface area (Å²) in [7, 11) is 0. The fraction of sp³-hybridized carbons (Fsp3) is 0.167. The first-order chi connectivity index (χ1) is 12.1. The molecule has 0 bridgehead atoms. The maximum Gasteiger partial charge on any atom is 0.176 e. The number of aromatic nitrogens is 2. The molecule has 0 radical (unpaired) electrons. The summed E-state index contributed by atoms with van der Waals surface area (Å²) in [5.74, 6) is -1.99. The SMILES string of the molecule is N#CCCn1c(SCC(=O)c2cc(F)ccc2F)nc2ccccc21. The number of para-hydroxylation sites is 2. The van der Waals surface area contributed by atoms with E-state index in [-0.39, 0.29) is 11.3 Å². The Morgan fingerprint density at radius 3 is 2.84 bits per heavy atom. The Balaban J connectivity index is 1.84. The van der Waals surface area contributed by atoms with Crippen LogP contribution in [0.5, 0.6) is 0 Å². The summed E-state index contributed by atoms with van der Waals surface area (Å²) in [6, 6.07) is 12.4. The molecule has 0 saturated heterocycles. The van der Waals surface area contributed by atoms with Crippen LogP contribution in [0.1, 0.15) is 16.8 Å². The third-order valence-corrected chi connectivity index (χ3v) is 4.60. The van der Waals surface area contributed by atoms with Gasteiger partial charge in [0.1, 0.15) is 11.6 Å². The first kappa shape index (κ1) is 17.1. The molecule has 25 heavy (non-hydrogen) atoms.